The van der Waals surface area contributed by atoms with Gasteiger partial charge in [-0.1, -0.05) is 19.1 Å². The van der Waals surface area contributed by atoms with Crippen LogP contribution in [0.4, 0.5) is 4.79 Å². The Hall–Kier alpha value is -1.60. The molecule has 0 heterocycles. The molecule has 0 saturated heterocycles. The van der Waals surface area contributed by atoms with Crippen LogP contribution in [0.5, 0.6) is 0 Å². The lowest BCUT2D eigenvalue weighted by Crippen LogP contribution is -2.30. The van der Waals surface area contributed by atoms with E-state index in [1.165, 1.54) is 12.1 Å². The lowest BCUT2D eigenvalue weighted by Gasteiger charge is -2.12. The molecule has 7 heteroatoms. The summed E-state index contributed by atoms with van der Waals surface area (Å²) in [7, 11) is -3.22. The number of benzene rings is 1. The second kappa shape index (κ2) is 5.83. The molecular formula is C11H16N2O4S. The lowest BCUT2D eigenvalue weighted by molar-refractivity contribution is 0.193. The van der Waals surface area contributed by atoms with Gasteiger partial charge in [0.05, 0.1) is 10.6 Å². The molecule has 6 nitrogen and oxygen atoms in total. The predicted octanol–water partition coefficient (Wildman–Crippen LogP) is 0.748. The van der Waals surface area contributed by atoms with E-state index in [4.69, 9.17) is 10.8 Å². The summed E-state index contributed by atoms with van der Waals surface area (Å²) in [5, 5.41) is 10.6. The van der Waals surface area contributed by atoms with Crippen LogP contribution in [0.15, 0.2) is 29.2 Å². The predicted molar refractivity (Wildman–Crippen MR) is 67.1 cm³/mol. The Morgan fingerprint density at radius 1 is 1.39 bits per heavy atom. The number of hydrogen-bond donors (Lipinski definition) is 3. The molecule has 1 aromatic rings. The summed E-state index contributed by atoms with van der Waals surface area (Å²) in [6.07, 6.45) is -1.14. The maximum Gasteiger partial charge on any atom is 0.404 e. The second-order valence-corrected chi connectivity index (χ2v) is 6.04. The third kappa shape index (κ3) is 3.71. The van der Waals surface area contributed by atoms with E-state index in [2.05, 4.69) is 5.32 Å². The van der Waals surface area contributed by atoms with Gasteiger partial charge in [0.15, 0.2) is 9.84 Å². The van der Waals surface area contributed by atoms with Crippen LogP contribution < -0.4 is 11.1 Å². The smallest absolute Gasteiger partial charge is 0.404 e. The summed E-state index contributed by atoms with van der Waals surface area (Å²) in [6, 6.07) is 5.65. The van der Waals surface area contributed by atoms with Crippen molar-refractivity contribution in [3.8, 4) is 0 Å². The first kappa shape index (κ1) is 14.5. The first-order valence-corrected chi connectivity index (χ1v) is 7.07. The average Bonchev–Trinajstić information content (AvgIpc) is 2.36. The first-order chi connectivity index (χ1) is 8.36. The van der Waals surface area contributed by atoms with Crippen molar-refractivity contribution in [1.29, 1.82) is 0 Å². The quantitative estimate of drug-likeness (QED) is 0.732. The average molecular weight is 272 g/mol. The molecule has 0 spiro atoms. The zero-order chi connectivity index (χ0) is 13.8. The molecule has 0 bridgehead atoms. The standard InChI is InChI=1S/C11H16N2O4S/c1-2-18(16,17)9-5-3-8(4-6-9)10(12)7-13-11(14)15/h3-6,10,13H,2,7,12H2,1H3,(H,14,15). The van der Waals surface area contributed by atoms with Gasteiger partial charge in [0.1, 0.15) is 0 Å². The molecule has 1 unspecified atom stereocenters. The van der Waals surface area contributed by atoms with Crippen LogP contribution in [0, 0.1) is 0 Å². The molecule has 0 aliphatic heterocycles. The Balaban J connectivity index is 2.80. The highest BCUT2D eigenvalue weighted by atomic mass is 32.2. The number of carbonyl (C=O) groups is 1. The molecule has 4 N–H and O–H groups in total. The van der Waals surface area contributed by atoms with Crippen LogP contribution in [-0.4, -0.2) is 31.9 Å². The van der Waals surface area contributed by atoms with Crippen molar-refractivity contribution in [2.45, 2.75) is 17.9 Å². The second-order valence-electron chi connectivity index (χ2n) is 3.77. The van der Waals surface area contributed by atoms with Gasteiger partial charge in [-0.15, -0.1) is 0 Å². The Labute approximate surface area is 106 Å². The Kier molecular flexibility index (Phi) is 4.69. The number of carboxylic acid groups (broad SMARTS) is 1. The minimum Gasteiger partial charge on any atom is -0.465 e. The van der Waals surface area contributed by atoms with E-state index in [9.17, 15) is 13.2 Å². The number of nitrogens with two attached hydrogens (primary N) is 1. The van der Waals surface area contributed by atoms with E-state index in [-0.39, 0.29) is 17.2 Å². The Morgan fingerprint density at radius 2 is 1.94 bits per heavy atom. The fourth-order valence-corrected chi connectivity index (χ4v) is 2.29. The van der Waals surface area contributed by atoms with E-state index >= 15 is 0 Å². The number of rotatable bonds is 5. The van der Waals surface area contributed by atoms with Crippen LogP contribution in [0.25, 0.3) is 0 Å². The van der Waals surface area contributed by atoms with Crippen molar-refractivity contribution in [3.63, 3.8) is 0 Å². The molecule has 1 amide bonds. The Morgan fingerprint density at radius 3 is 2.39 bits per heavy atom. The van der Waals surface area contributed by atoms with Crippen LogP contribution >= 0.6 is 0 Å². The van der Waals surface area contributed by atoms with Crippen LogP contribution in [0.1, 0.15) is 18.5 Å². The molecule has 0 aliphatic carbocycles. The summed E-state index contributed by atoms with van der Waals surface area (Å²) in [4.78, 5) is 10.6. The van der Waals surface area contributed by atoms with E-state index < -0.39 is 22.0 Å². The molecular weight excluding hydrogens is 256 g/mol. The van der Waals surface area contributed by atoms with E-state index in [1.54, 1.807) is 19.1 Å². The van der Waals surface area contributed by atoms with Gasteiger partial charge >= 0.3 is 6.09 Å². The van der Waals surface area contributed by atoms with Crippen LogP contribution in [0.3, 0.4) is 0 Å². The minimum atomic E-state index is -3.22. The van der Waals surface area contributed by atoms with E-state index in [0.29, 0.717) is 5.56 Å². The molecule has 18 heavy (non-hydrogen) atoms. The summed E-state index contributed by atoms with van der Waals surface area (Å²) in [5.74, 6) is 0.0406. The Bertz CT molecular complexity index is 510. The zero-order valence-electron chi connectivity index (χ0n) is 9.96. The lowest BCUT2D eigenvalue weighted by atomic mass is 10.1. The maximum absolute atomic E-state index is 11.6. The van der Waals surface area contributed by atoms with Gasteiger partial charge in [-0.25, -0.2) is 13.2 Å². The molecule has 0 aliphatic rings. The monoisotopic (exact) mass is 272 g/mol. The van der Waals surface area contributed by atoms with Crippen LogP contribution in [0.2, 0.25) is 0 Å². The van der Waals surface area contributed by atoms with Crippen molar-refractivity contribution < 1.29 is 18.3 Å². The highest BCUT2D eigenvalue weighted by molar-refractivity contribution is 7.91. The summed E-state index contributed by atoms with van der Waals surface area (Å²) in [5.41, 5.74) is 6.44. The van der Waals surface area contributed by atoms with E-state index in [0.717, 1.165) is 0 Å². The van der Waals surface area contributed by atoms with Gasteiger partial charge in [0.2, 0.25) is 0 Å². The highest BCUT2D eigenvalue weighted by Gasteiger charge is 2.12. The van der Waals surface area contributed by atoms with Gasteiger partial charge in [0, 0.05) is 12.6 Å². The normalized spacial score (nSPS) is 13.0. The van der Waals surface area contributed by atoms with E-state index in [1.807, 2.05) is 0 Å². The van der Waals surface area contributed by atoms with Gasteiger partial charge in [-0.2, -0.15) is 0 Å². The molecule has 0 fully saturated rings. The molecule has 1 atom stereocenters. The third-order valence-corrected chi connectivity index (χ3v) is 4.27. The largest absolute Gasteiger partial charge is 0.465 e. The fraction of sp³-hybridized carbons (Fsp3) is 0.364. The number of sulfone groups is 1. The van der Waals surface area contributed by atoms with Gasteiger partial charge in [0.25, 0.3) is 0 Å². The molecule has 0 aromatic heterocycles. The van der Waals surface area contributed by atoms with Crippen molar-refractivity contribution in [2.24, 2.45) is 5.73 Å². The van der Waals surface area contributed by atoms with Gasteiger partial charge in [-0.3, -0.25) is 0 Å². The maximum atomic E-state index is 11.6. The van der Waals surface area contributed by atoms with Gasteiger partial charge in [-0.05, 0) is 17.7 Å². The summed E-state index contributed by atoms with van der Waals surface area (Å²) < 4.78 is 23.2. The third-order valence-electron chi connectivity index (χ3n) is 2.52. The number of nitrogens with one attached hydrogen (secondary N) is 1. The molecule has 0 saturated carbocycles. The highest BCUT2D eigenvalue weighted by Crippen LogP contribution is 2.15. The zero-order valence-corrected chi connectivity index (χ0v) is 10.8. The molecule has 0 radical (unpaired) electrons. The number of amides is 1. The summed E-state index contributed by atoms with van der Waals surface area (Å²) in [6.45, 7) is 1.65. The van der Waals surface area contributed by atoms with Crippen LogP contribution in [-0.2, 0) is 9.84 Å². The SMILES string of the molecule is CCS(=O)(=O)c1ccc(C(N)CNC(=O)O)cc1. The van der Waals surface area contributed by atoms with Crippen molar-refractivity contribution in [3.05, 3.63) is 29.8 Å². The molecule has 100 valence electrons. The molecule has 1 aromatic carbocycles. The first-order valence-electron chi connectivity index (χ1n) is 5.42. The number of hydrogen-bond acceptors (Lipinski definition) is 4. The summed E-state index contributed by atoms with van der Waals surface area (Å²) >= 11 is 0. The topological polar surface area (TPSA) is 109 Å². The minimum absolute atomic E-state index is 0.0406. The fourth-order valence-electron chi connectivity index (χ4n) is 1.40. The molecule has 1 rings (SSSR count). The van der Waals surface area contributed by atoms with Crippen molar-refractivity contribution in [1.82, 2.24) is 5.32 Å². The van der Waals surface area contributed by atoms with Gasteiger partial charge < -0.3 is 16.2 Å². The van der Waals surface area contributed by atoms with Crippen molar-refractivity contribution in [2.75, 3.05) is 12.3 Å². The van der Waals surface area contributed by atoms with Crippen molar-refractivity contribution >= 4 is 15.9 Å².